The summed E-state index contributed by atoms with van der Waals surface area (Å²) >= 11 is -0.750. The summed E-state index contributed by atoms with van der Waals surface area (Å²) in [6.45, 7) is 0. The molecular formula is C3H3NO3S. The van der Waals surface area contributed by atoms with Gasteiger partial charge in [0.15, 0.2) is 6.39 Å². The molecule has 5 heteroatoms. The molecule has 0 atom stereocenters. The molecule has 4 nitrogen and oxygen atoms in total. The minimum absolute atomic E-state index is 0.750. The molecule has 0 aliphatic rings. The Morgan fingerprint density at radius 1 is 1.50 bits per heavy atom. The van der Waals surface area contributed by atoms with Crippen molar-refractivity contribution in [1.82, 2.24) is 4.98 Å². The molecule has 0 aliphatic heterocycles. The lowest BCUT2D eigenvalue weighted by molar-refractivity contribution is 0.558. The first-order valence-corrected chi connectivity index (χ1v) is 2.32. The van der Waals surface area contributed by atoms with E-state index in [0.717, 1.165) is 0 Å². The summed E-state index contributed by atoms with van der Waals surface area (Å²) < 4.78 is 21.1. The highest BCUT2D eigenvalue weighted by molar-refractivity contribution is 7.51. The first-order valence-electron chi connectivity index (χ1n) is 1.65. The van der Waals surface area contributed by atoms with Crippen LogP contribution in [0.15, 0.2) is 23.3 Å². The Hall–Kier alpha value is -0.970. The van der Waals surface area contributed by atoms with Crippen LogP contribution in [0.3, 0.4) is 0 Å². The van der Waals surface area contributed by atoms with Crippen LogP contribution in [0.4, 0.5) is 0 Å². The average Bonchev–Trinajstić information content (AvgIpc) is 2.17. The normalized spacial score (nSPS) is 6.50. The van der Waals surface area contributed by atoms with Gasteiger partial charge in [0.2, 0.25) is 0 Å². The maximum atomic E-state index is 8.29. The van der Waals surface area contributed by atoms with Gasteiger partial charge >= 0.3 is 11.6 Å². The van der Waals surface area contributed by atoms with Crippen molar-refractivity contribution in [2.45, 2.75) is 0 Å². The molecule has 0 unspecified atom stereocenters. The fourth-order valence-electron chi connectivity index (χ4n) is 0.176. The van der Waals surface area contributed by atoms with Crippen LogP contribution in [0.25, 0.3) is 0 Å². The summed E-state index contributed by atoms with van der Waals surface area (Å²) in [5.74, 6) is 0. The summed E-state index contributed by atoms with van der Waals surface area (Å²) in [7, 11) is 0. The first kappa shape index (κ1) is 7.03. The standard InChI is InChI=1S/C3H3NO.O2S/c1-2-5-3-4-1;1-3-2/h1-3H;. The third-order valence-electron chi connectivity index (χ3n) is 0.347. The largest absolute Gasteiger partial charge is 0.452 e. The van der Waals surface area contributed by atoms with E-state index in [4.69, 9.17) is 8.42 Å². The zero-order valence-electron chi connectivity index (χ0n) is 3.81. The molecule has 1 aromatic heterocycles. The molecule has 44 valence electrons. The van der Waals surface area contributed by atoms with Crippen LogP contribution in [0.2, 0.25) is 0 Å². The Bertz CT molecular complexity index is 126. The molecule has 0 amide bonds. The summed E-state index contributed by atoms with van der Waals surface area (Å²) in [6, 6.07) is 0. The molecule has 0 fully saturated rings. The molecule has 1 rings (SSSR count). The summed E-state index contributed by atoms with van der Waals surface area (Å²) in [4.78, 5) is 3.56. The summed E-state index contributed by atoms with van der Waals surface area (Å²) in [5.41, 5.74) is 0. The molecule has 0 radical (unpaired) electrons. The van der Waals surface area contributed by atoms with E-state index in [1.165, 1.54) is 12.7 Å². The van der Waals surface area contributed by atoms with Crippen LogP contribution in [-0.2, 0) is 11.6 Å². The predicted octanol–water partition coefficient (Wildman–Crippen LogP) is 0.00440. The van der Waals surface area contributed by atoms with Crippen LogP contribution in [0.5, 0.6) is 0 Å². The predicted molar refractivity (Wildman–Crippen MR) is 25.4 cm³/mol. The first-order chi connectivity index (χ1) is 3.91. The number of hydrogen-bond acceptors (Lipinski definition) is 4. The van der Waals surface area contributed by atoms with E-state index in [1.54, 1.807) is 6.20 Å². The Morgan fingerprint density at radius 2 is 2.12 bits per heavy atom. The molecule has 0 saturated carbocycles. The van der Waals surface area contributed by atoms with Crippen molar-refractivity contribution < 1.29 is 12.8 Å². The number of oxazole rings is 1. The lowest BCUT2D eigenvalue weighted by atomic mass is 11.0. The molecule has 0 aromatic carbocycles. The molecule has 1 heterocycles. The average molecular weight is 133 g/mol. The van der Waals surface area contributed by atoms with Crippen molar-refractivity contribution >= 4 is 11.6 Å². The number of hydrogen-bond donors (Lipinski definition) is 0. The number of rotatable bonds is 0. The topological polar surface area (TPSA) is 60.2 Å². The SMILES string of the molecule is O=S=O.c1cocn1. The molecule has 8 heavy (non-hydrogen) atoms. The highest BCUT2D eigenvalue weighted by Crippen LogP contribution is 1.72. The molecule has 0 bridgehead atoms. The van der Waals surface area contributed by atoms with E-state index in [2.05, 4.69) is 9.40 Å². The smallest absolute Gasteiger partial charge is 0.335 e. The van der Waals surface area contributed by atoms with E-state index >= 15 is 0 Å². The van der Waals surface area contributed by atoms with Gasteiger partial charge in [0.05, 0.1) is 6.20 Å². The van der Waals surface area contributed by atoms with Gasteiger partial charge in [-0.1, -0.05) is 0 Å². The van der Waals surface area contributed by atoms with Crippen LogP contribution in [0, 0.1) is 0 Å². The number of nitrogens with zero attached hydrogens (tertiary/aromatic N) is 1. The van der Waals surface area contributed by atoms with Gasteiger partial charge in [-0.2, -0.15) is 8.42 Å². The third kappa shape index (κ3) is 5.03. The lowest BCUT2D eigenvalue weighted by Gasteiger charge is -1.47. The van der Waals surface area contributed by atoms with E-state index in [9.17, 15) is 0 Å². The van der Waals surface area contributed by atoms with Gasteiger partial charge in [-0.25, -0.2) is 4.98 Å². The van der Waals surface area contributed by atoms with Crippen molar-refractivity contribution in [3.63, 3.8) is 0 Å². The number of aromatic nitrogens is 1. The zero-order valence-corrected chi connectivity index (χ0v) is 4.63. The fourth-order valence-corrected chi connectivity index (χ4v) is 0.176. The molecule has 0 spiro atoms. The van der Waals surface area contributed by atoms with E-state index in [-0.39, 0.29) is 0 Å². The van der Waals surface area contributed by atoms with Crippen molar-refractivity contribution in [3.05, 3.63) is 18.9 Å². The molecule has 1 aromatic rings. The lowest BCUT2D eigenvalue weighted by Crippen LogP contribution is -1.38. The van der Waals surface area contributed by atoms with Crippen LogP contribution in [0.1, 0.15) is 0 Å². The van der Waals surface area contributed by atoms with Crippen LogP contribution < -0.4 is 0 Å². The van der Waals surface area contributed by atoms with Gasteiger partial charge in [-0.05, 0) is 0 Å². The van der Waals surface area contributed by atoms with Gasteiger partial charge in [0.1, 0.15) is 6.26 Å². The molecule has 0 saturated heterocycles. The molecule has 0 N–H and O–H groups in total. The van der Waals surface area contributed by atoms with Gasteiger partial charge in [0.25, 0.3) is 0 Å². The summed E-state index contributed by atoms with van der Waals surface area (Å²) in [5, 5.41) is 0. The van der Waals surface area contributed by atoms with Crippen molar-refractivity contribution in [2.24, 2.45) is 0 Å². The second kappa shape index (κ2) is 6.03. The second-order valence-electron chi connectivity index (χ2n) is 0.744. The van der Waals surface area contributed by atoms with Gasteiger partial charge in [-0.15, -0.1) is 0 Å². The maximum Gasteiger partial charge on any atom is 0.335 e. The Balaban J connectivity index is 0.000000145. The van der Waals surface area contributed by atoms with Gasteiger partial charge in [0, 0.05) is 0 Å². The van der Waals surface area contributed by atoms with Crippen molar-refractivity contribution in [3.8, 4) is 0 Å². The minimum Gasteiger partial charge on any atom is -0.452 e. The molecule has 0 aliphatic carbocycles. The van der Waals surface area contributed by atoms with Crippen molar-refractivity contribution in [1.29, 1.82) is 0 Å². The minimum atomic E-state index is -0.750. The fraction of sp³-hybridized carbons (Fsp3) is 0. The zero-order chi connectivity index (χ0) is 6.24. The van der Waals surface area contributed by atoms with E-state index < -0.39 is 11.6 Å². The molecular weight excluding hydrogens is 130 g/mol. The Kier molecular flexibility index (Phi) is 5.30. The quantitative estimate of drug-likeness (QED) is 0.500. The van der Waals surface area contributed by atoms with Gasteiger partial charge in [-0.3, -0.25) is 0 Å². The van der Waals surface area contributed by atoms with E-state index in [0.29, 0.717) is 0 Å². The highest BCUT2D eigenvalue weighted by Gasteiger charge is 1.59. The monoisotopic (exact) mass is 133 g/mol. The highest BCUT2D eigenvalue weighted by atomic mass is 32.1. The van der Waals surface area contributed by atoms with Gasteiger partial charge < -0.3 is 4.42 Å². The Labute approximate surface area is 49.1 Å². The maximum absolute atomic E-state index is 8.29. The van der Waals surface area contributed by atoms with Crippen molar-refractivity contribution in [2.75, 3.05) is 0 Å². The summed E-state index contributed by atoms with van der Waals surface area (Å²) in [6.07, 6.45) is 4.47. The Morgan fingerprint density at radius 3 is 2.25 bits per heavy atom. The van der Waals surface area contributed by atoms with Crippen LogP contribution >= 0.6 is 0 Å². The van der Waals surface area contributed by atoms with E-state index in [1.807, 2.05) is 0 Å². The van der Waals surface area contributed by atoms with Crippen LogP contribution in [-0.4, -0.2) is 13.4 Å². The third-order valence-corrected chi connectivity index (χ3v) is 0.347. The second-order valence-corrected chi connectivity index (χ2v) is 0.880.